The van der Waals surface area contributed by atoms with E-state index in [9.17, 15) is 0 Å². The number of hydrogen-bond acceptors (Lipinski definition) is 2. The van der Waals surface area contributed by atoms with Crippen molar-refractivity contribution >= 4 is 5.82 Å². The number of nitrogens with two attached hydrogens (primary N) is 1. The van der Waals surface area contributed by atoms with Crippen molar-refractivity contribution in [2.75, 3.05) is 5.73 Å². The number of hydrogen-bond donors (Lipinski definition) is 1. The average molecular weight is 277 g/mol. The van der Waals surface area contributed by atoms with Gasteiger partial charge in [-0.05, 0) is 39.5 Å². The molecule has 114 valence electrons. The van der Waals surface area contributed by atoms with Crippen LogP contribution in [0.25, 0.3) is 0 Å². The summed E-state index contributed by atoms with van der Waals surface area (Å²) in [5.74, 6) is 3.81. The lowest BCUT2D eigenvalue weighted by molar-refractivity contribution is 0.340. The SMILES string of the molecule is CC1CCCC(c2nc(C(C)C)n(C(C)(C)C)c2N)C1. The fourth-order valence-corrected chi connectivity index (χ4v) is 3.54. The van der Waals surface area contributed by atoms with Crippen LogP contribution in [0.5, 0.6) is 0 Å². The van der Waals surface area contributed by atoms with E-state index in [1.807, 2.05) is 0 Å². The summed E-state index contributed by atoms with van der Waals surface area (Å²) in [7, 11) is 0. The van der Waals surface area contributed by atoms with E-state index in [0.29, 0.717) is 11.8 Å². The summed E-state index contributed by atoms with van der Waals surface area (Å²) < 4.78 is 2.26. The van der Waals surface area contributed by atoms with E-state index in [4.69, 9.17) is 10.7 Å². The maximum Gasteiger partial charge on any atom is 0.127 e. The Bertz CT molecular complexity index is 465. The highest BCUT2D eigenvalue weighted by Crippen LogP contribution is 2.40. The molecule has 2 rings (SSSR count). The number of nitrogens with zero attached hydrogens (tertiary/aromatic N) is 2. The second-order valence-corrected chi connectivity index (χ2v) is 7.87. The van der Waals surface area contributed by atoms with Crippen molar-refractivity contribution in [1.82, 2.24) is 9.55 Å². The molecule has 2 N–H and O–H groups in total. The lowest BCUT2D eigenvalue weighted by Gasteiger charge is -2.28. The topological polar surface area (TPSA) is 43.8 Å². The molecule has 1 aliphatic carbocycles. The Balaban J connectivity index is 2.45. The lowest BCUT2D eigenvalue weighted by atomic mass is 9.81. The van der Waals surface area contributed by atoms with Gasteiger partial charge in [0.2, 0.25) is 0 Å². The molecule has 3 heteroatoms. The third kappa shape index (κ3) is 2.87. The Labute approximate surface area is 124 Å². The van der Waals surface area contributed by atoms with E-state index in [0.717, 1.165) is 23.3 Å². The van der Waals surface area contributed by atoms with Gasteiger partial charge in [-0.3, -0.25) is 0 Å². The molecule has 20 heavy (non-hydrogen) atoms. The van der Waals surface area contributed by atoms with Crippen LogP contribution in [0.2, 0.25) is 0 Å². The van der Waals surface area contributed by atoms with Crippen LogP contribution >= 0.6 is 0 Å². The van der Waals surface area contributed by atoms with Gasteiger partial charge in [0, 0.05) is 17.4 Å². The molecular weight excluding hydrogens is 246 g/mol. The predicted octanol–water partition coefficient (Wildman–Crippen LogP) is 4.64. The van der Waals surface area contributed by atoms with Crippen LogP contribution < -0.4 is 5.73 Å². The largest absolute Gasteiger partial charge is 0.384 e. The maximum atomic E-state index is 6.50. The molecule has 1 fully saturated rings. The molecule has 1 aromatic heterocycles. The van der Waals surface area contributed by atoms with Gasteiger partial charge in [-0.2, -0.15) is 0 Å². The van der Waals surface area contributed by atoms with E-state index in [2.05, 4.69) is 46.1 Å². The lowest BCUT2D eigenvalue weighted by Crippen LogP contribution is -2.26. The van der Waals surface area contributed by atoms with Crippen molar-refractivity contribution in [3.8, 4) is 0 Å². The third-order valence-electron chi connectivity index (χ3n) is 4.48. The molecule has 1 aromatic rings. The molecule has 0 aliphatic heterocycles. The molecule has 0 amide bonds. The quantitative estimate of drug-likeness (QED) is 0.856. The standard InChI is InChI=1S/C17H31N3/c1-11(2)16-19-14(13-9-7-8-12(3)10-13)15(18)20(16)17(4,5)6/h11-13H,7-10,18H2,1-6H3. The molecule has 0 spiro atoms. The summed E-state index contributed by atoms with van der Waals surface area (Å²) in [5, 5.41) is 0. The zero-order valence-corrected chi connectivity index (χ0v) is 14.0. The summed E-state index contributed by atoms with van der Waals surface area (Å²) >= 11 is 0. The van der Waals surface area contributed by atoms with Crippen LogP contribution in [0.15, 0.2) is 0 Å². The first-order valence-corrected chi connectivity index (χ1v) is 8.10. The summed E-state index contributed by atoms with van der Waals surface area (Å²) in [6.45, 7) is 13.4. The third-order valence-corrected chi connectivity index (χ3v) is 4.48. The number of anilines is 1. The van der Waals surface area contributed by atoms with Crippen molar-refractivity contribution in [1.29, 1.82) is 0 Å². The Morgan fingerprint density at radius 2 is 1.90 bits per heavy atom. The molecule has 0 aromatic carbocycles. The van der Waals surface area contributed by atoms with Crippen molar-refractivity contribution in [2.24, 2.45) is 5.92 Å². The van der Waals surface area contributed by atoms with Crippen molar-refractivity contribution in [3.63, 3.8) is 0 Å². The zero-order chi connectivity index (χ0) is 15.1. The first kappa shape index (κ1) is 15.4. The molecule has 1 saturated carbocycles. The van der Waals surface area contributed by atoms with E-state index >= 15 is 0 Å². The van der Waals surface area contributed by atoms with Crippen LogP contribution in [0.3, 0.4) is 0 Å². The van der Waals surface area contributed by atoms with Crippen LogP contribution in [0, 0.1) is 5.92 Å². The van der Waals surface area contributed by atoms with Crippen molar-refractivity contribution in [2.45, 2.75) is 84.6 Å². The number of aromatic nitrogens is 2. The Hall–Kier alpha value is -0.990. The van der Waals surface area contributed by atoms with Gasteiger partial charge in [0.15, 0.2) is 0 Å². The highest BCUT2D eigenvalue weighted by molar-refractivity contribution is 5.42. The summed E-state index contributed by atoms with van der Waals surface area (Å²) in [6, 6.07) is 0. The van der Waals surface area contributed by atoms with Gasteiger partial charge in [0.1, 0.15) is 11.6 Å². The minimum atomic E-state index is -0.00474. The molecule has 1 aliphatic rings. The normalized spacial score (nSPS) is 24.4. The van der Waals surface area contributed by atoms with Crippen LogP contribution in [0.4, 0.5) is 5.82 Å². The summed E-state index contributed by atoms with van der Waals surface area (Å²) in [4.78, 5) is 4.97. The minimum Gasteiger partial charge on any atom is -0.384 e. The minimum absolute atomic E-state index is 0.00474. The first-order valence-electron chi connectivity index (χ1n) is 8.10. The fraction of sp³-hybridized carbons (Fsp3) is 0.824. The smallest absolute Gasteiger partial charge is 0.127 e. The van der Waals surface area contributed by atoms with Gasteiger partial charge in [0.05, 0.1) is 5.69 Å². The number of nitrogen functional groups attached to an aromatic ring is 1. The van der Waals surface area contributed by atoms with Crippen LogP contribution in [-0.4, -0.2) is 9.55 Å². The van der Waals surface area contributed by atoms with Gasteiger partial charge in [-0.25, -0.2) is 4.98 Å². The number of imidazole rings is 1. The molecule has 2 unspecified atom stereocenters. The Morgan fingerprint density at radius 1 is 1.25 bits per heavy atom. The van der Waals surface area contributed by atoms with Gasteiger partial charge in [-0.15, -0.1) is 0 Å². The molecule has 3 nitrogen and oxygen atoms in total. The van der Waals surface area contributed by atoms with E-state index in [1.54, 1.807) is 0 Å². The molecule has 0 saturated heterocycles. The second-order valence-electron chi connectivity index (χ2n) is 7.87. The highest BCUT2D eigenvalue weighted by atomic mass is 15.2. The van der Waals surface area contributed by atoms with E-state index in [-0.39, 0.29) is 5.54 Å². The fourth-order valence-electron chi connectivity index (χ4n) is 3.54. The Kier molecular flexibility index (Phi) is 4.17. The van der Waals surface area contributed by atoms with Gasteiger partial charge in [0.25, 0.3) is 0 Å². The van der Waals surface area contributed by atoms with E-state index in [1.165, 1.54) is 25.7 Å². The summed E-state index contributed by atoms with van der Waals surface area (Å²) in [6.07, 6.45) is 5.15. The Morgan fingerprint density at radius 3 is 2.35 bits per heavy atom. The van der Waals surface area contributed by atoms with Crippen molar-refractivity contribution in [3.05, 3.63) is 11.5 Å². The predicted molar refractivity (Wildman–Crippen MR) is 86.1 cm³/mol. The highest BCUT2D eigenvalue weighted by Gasteiger charge is 2.30. The molecule has 0 radical (unpaired) electrons. The number of rotatable bonds is 2. The molecular formula is C17H31N3. The summed E-state index contributed by atoms with van der Waals surface area (Å²) in [5.41, 5.74) is 7.66. The van der Waals surface area contributed by atoms with Crippen LogP contribution in [-0.2, 0) is 5.54 Å². The van der Waals surface area contributed by atoms with E-state index < -0.39 is 0 Å². The van der Waals surface area contributed by atoms with Gasteiger partial charge < -0.3 is 10.3 Å². The average Bonchev–Trinajstić information content (AvgIpc) is 2.66. The van der Waals surface area contributed by atoms with Gasteiger partial charge in [-0.1, -0.05) is 33.6 Å². The second kappa shape index (κ2) is 5.42. The molecule has 1 heterocycles. The molecule has 0 bridgehead atoms. The first-order chi connectivity index (χ1) is 9.21. The van der Waals surface area contributed by atoms with Crippen LogP contribution in [0.1, 0.15) is 90.6 Å². The monoisotopic (exact) mass is 277 g/mol. The maximum absolute atomic E-state index is 6.50. The zero-order valence-electron chi connectivity index (χ0n) is 14.0. The molecule has 2 atom stereocenters. The van der Waals surface area contributed by atoms with Gasteiger partial charge >= 0.3 is 0 Å². The van der Waals surface area contributed by atoms with Crippen molar-refractivity contribution < 1.29 is 0 Å².